The fraction of sp³-hybridized carbons (Fsp3) is 0.414. The van der Waals surface area contributed by atoms with E-state index < -0.39 is 11.9 Å². The third kappa shape index (κ3) is 5.13. The lowest BCUT2D eigenvalue weighted by Crippen LogP contribution is -2.39. The summed E-state index contributed by atoms with van der Waals surface area (Å²) in [4.78, 5) is 51.6. The first-order valence-electron chi connectivity index (χ1n) is 13.5. The van der Waals surface area contributed by atoms with E-state index in [2.05, 4.69) is 9.97 Å². The van der Waals surface area contributed by atoms with E-state index in [1.165, 1.54) is 15.9 Å². The van der Waals surface area contributed by atoms with E-state index in [4.69, 9.17) is 4.98 Å². The molecule has 3 heterocycles. The number of benzene rings is 1. The van der Waals surface area contributed by atoms with Crippen molar-refractivity contribution in [3.63, 3.8) is 0 Å². The molecule has 3 aromatic heterocycles. The van der Waals surface area contributed by atoms with Gasteiger partial charge in [0.05, 0.1) is 17.6 Å². The van der Waals surface area contributed by atoms with Crippen molar-refractivity contribution in [2.75, 3.05) is 4.90 Å². The molecule has 9 nitrogen and oxygen atoms in total. The highest BCUT2D eigenvalue weighted by molar-refractivity contribution is 7.14. The van der Waals surface area contributed by atoms with E-state index in [1.54, 1.807) is 18.1 Å². The van der Waals surface area contributed by atoms with Crippen LogP contribution in [0.1, 0.15) is 51.4 Å². The van der Waals surface area contributed by atoms with Crippen molar-refractivity contribution in [2.45, 2.75) is 57.4 Å². The van der Waals surface area contributed by atoms with Gasteiger partial charge in [-0.25, -0.2) is 14.8 Å². The van der Waals surface area contributed by atoms with Gasteiger partial charge >= 0.3 is 11.7 Å². The summed E-state index contributed by atoms with van der Waals surface area (Å²) in [7, 11) is 1.68. The molecule has 2 fully saturated rings. The average molecular weight is 546 g/mol. The van der Waals surface area contributed by atoms with Crippen LogP contribution < -0.4 is 10.6 Å². The summed E-state index contributed by atoms with van der Waals surface area (Å²) >= 11 is 1.42. The van der Waals surface area contributed by atoms with E-state index in [1.807, 2.05) is 35.7 Å². The van der Waals surface area contributed by atoms with Crippen molar-refractivity contribution < 1.29 is 14.7 Å². The molecule has 2 N–H and O–H groups in total. The summed E-state index contributed by atoms with van der Waals surface area (Å²) < 4.78 is 1.48. The molecule has 6 rings (SSSR count). The van der Waals surface area contributed by atoms with E-state index in [9.17, 15) is 19.5 Å². The van der Waals surface area contributed by atoms with Gasteiger partial charge in [-0.3, -0.25) is 19.1 Å². The number of rotatable bonds is 9. The van der Waals surface area contributed by atoms with Crippen LogP contribution >= 0.6 is 11.3 Å². The van der Waals surface area contributed by atoms with Gasteiger partial charge in [0, 0.05) is 41.7 Å². The second-order valence-electron chi connectivity index (χ2n) is 10.8. The fourth-order valence-corrected chi connectivity index (χ4v) is 6.71. The number of carboxylic acid groups (broad SMARTS) is 1. The Labute approximate surface area is 229 Å². The molecule has 1 unspecified atom stereocenters. The number of nitrogens with one attached hydrogen (secondary N) is 1. The molecule has 2 aliphatic rings. The monoisotopic (exact) mass is 545 g/mol. The average Bonchev–Trinajstić information content (AvgIpc) is 3.29. The van der Waals surface area contributed by atoms with Gasteiger partial charge in [0.25, 0.3) is 0 Å². The molecule has 0 radical (unpaired) electrons. The standard InChI is InChI=1S/C29H31N5O4S/c1-33-26-23(31-28(33)38)13-19(15-30-26)21-8-4-5-9-22(21)24-16-39-29(32-24)34(20-10-11-20)27(37)18(14-25(35)36)12-17-6-2-3-7-17/h4-5,8-9,13,15-18,20H,2-3,6-7,10-12,14H2,1H3,(H,31,38)(H,35,36). The fourth-order valence-electron chi connectivity index (χ4n) is 5.81. The summed E-state index contributed by atoms with van der Waals surface area (Å²) in [6, 6.07) is 9.87. The molecular formula is C29H31N5O4S. The number of carbonyl (C=O) groups excluding carboxylic acids is 1. The summed E-state index contributed by atoms with van der Waals surface area (Å²) in [6.45, 7) is 0. The summed E-state index contributed by atoms with van der Waals surface area (Å²) in [5, 5.41) is 12.2. The Bertz CT molecular complexity index is 1590. The Hall–Kier alpha value is -3.79. The first kappa shape index (κ1) is 25.5. The van der Waals surface area contributed by atoms with Crippen LogP contribution in [-0.4, -0.2) is 42.5 Å². The summed E-state index contributed by atoms with van der Waals surface area (Å²) in [5.41, 5.74) is 4.44. The lowest BCUT2D eigenvalue weighted by molar-refractivity contribution is -0.141. The van der Waals surface area contributed by atoms with E-state index in [0.29, 0.717) is 28.6 Å². The van der Waals surface area contributed by atoms with Crippen LogP contribution in [0.25, 0.3) is 33.5 Å². The topological polar surface area (TPSA) is 121 Å². The van der Waals surface area contributed by atoms with E-state index in [0.717, 1.165) is 60.9 Å². The molecule has 0 saturated heterocycles. The predicted octanol–water partition coefficient (Wildman–Crippen LogP) is 5.22. The molecule has 39 heavy (non-hydrogen) atoms. The number of aromatic nitrogens is 4. The number of nitrogens with zero attached hydrogens (tertiary/aromatic N) is 4. The number of H-pyrrole nitrogens is 1. The SMILES string of the molecule is Cn1c(=O)[nH]c2cc(-c3ccccc3-c3csc(N(C(=O)C(CC(=O)O)CC4CCCC4)C4CC4)n3)cnc21. The summed E-state index contributed by atoms with van der Waals surface area (Å²) in [6.07, 6.45) is 8.50. The molecule has 4 aromatic rings. The Morgan fingerprint density at radius 3 is 2.64 bits per heavy atom. The van der Waals surface area contributed by atoms with Crippen molar-refractivity contribution in [3.05, 3.63) is 52.4 Å². The van der Waals surface area contributed by atoms with Crippen LogP contribution in [0.15, 0.2) is 46.7 Å². The highest BCUT2D eigenvalue weighted by atomic mass is 32.1. The molecule has 2 aliphatic carbocycles. The zero-order chi connectivity index (χ0) is 27.1. The Kier molecular flexibility index (Phi) is 6.80. The van der Waals surface area contributed by atoms with Crippen LogP contribution in [0.4, 0.5) is 5.13 Å². The number of aryl methyl sites for hydroxylation is 1. The third-order valence-corrected chi connectivity index (χ3v) is 8.79. The maximum Gasteiger partial charge on any atom is 0.327 e. The largest absolute Gasteiger partial charge is 0.481 e. The molecule has 1 aromatic carbocycles. The molecule has 10 heteroatoms. The Morgan fingerprint density at radius 1 is 1.18 bits per heavy atom. The molecule has 0 bridgehead atoms. The minimum absolute atomic E-state index is 0.0770. The molecule has 0 spiro atoms. The lowest BCUT2D eigenvalue weighted by Gasteiger charge is -2.26. The molecule has 202 valence electrons. The van der Waals surface area contributed by atoms with Crippen LogP contribution in [0.2, 0.25) is 0 Å². The van der Waals surface area contributed by atoms with Gasteiger partial charge in [-0.2, -0.15) is 0 Å². The molecule has 1 amide bonds. The first-order chi connectivity index (χ1) is 18.9. The number of thiazole rings is 1. The van der Waals surface area contributed by atoms with Gasteiger partial charge in [-0.1, -0.05) is 49.9 Å². The number of carbonyl (C=O) groups is 2. The van der Waals surface area contributed by atoms with Crippen LogP contribution in [0.5, 0.6) is 0 Å². The number of pyridine rings is 1. The zero-order valence-corrected chi connectivity index (χ0v) is 22.6. The minimum atomic E-state index is -0.929. The molecule has 2 saturated carbocycles. The summed E-state index contributed by atoms with van der Waals surface area (Å²) in [5.74, 6) is -1.15. The Morgan fingerprint density at radius 2 is 1.92 bits per heavy atom. The third-order valence-electron chi connectivity index (χ3n) is 7.96. The van der Waals surface area contributed by atoms with Crippen molar-refractivity contribution in [1.29, 1.82) is 0 Å². The number of carboxylic acids is 1. The normalized spacial score (nSPS) is 16.5. The maximum atomic E-state index is 13.8. The van der Waals surface area contributed by atoms with Gasteiger partial charge in [0.15, 0.2) is 10.8 Å². The van der Waals surface area contributed by atoms with Crippen molar-refractivity contribution in [3.8, 4) is 22.4 Å². The second kappa shape index (κ2) is 10.4. The van der Waals surface area contributed by atoms with Gasteiger partial charge in [0.1, 0.15) is 0 Å². The van der Waals surface area contributed by atoms with Crippen LogP contribution in [-0.2, 0) is 16.6 Å². The molecular weight excluding hydrogens is 514 g/mol. The second-order valence-corrected chi connectivity index (χ2v) is 11.6. The van der Waals surface area contributed by atoms with Crippen molar-refractivity contribution in [2.24, 2.45) is 18.9 Å². The van der Waals surface area contributed by atoms with E-state index in [-0.39, 0.29) is 24.1 Å². The first-order valence-corrected chi connectivity index (χ1v) is 14.4. The molecule has 1 atom stereocenters. The van der Waals surface area contributed by atoms with Crippen LogP contribution in [0.3, 0.4) is 0 Å². The smallest absolute Gasteiger partial charge is 0.327 e. The van der Waals surface area contributed by atoms with Gasteiger partial charge in [-0.15, -0.1) is 11.3 Å². The number of anilines is 1. The number of fused-ring (bicyclic) bond motifs is 1. The van der Waals surface area contributed by atoms with Crippen LogP contribution in [0, 0.1) is 11.8 Å². The number of hydrogen-bond acceptors (Lipinski definition) is 6. The number of imidazole rings is 1. The number of aromatic amines is 1. The number of hydrogen-bond donors (Lipinski definition) is 2. The maximum absolute atomic E-state index is 13.8. The quantitative estimate of drug-likeness (QED) is 0.298. The van der Waals surface area contributed by atoms with Gasteiger partial charge < -0.3 is 10.1 Å². The minimum Gasteiger partial charge on any atom is -0.481 e. The predicted molar refractivity (Wildman–Crippen MR) is 151 cm³/mol. The van der Waals surface area contributed by atoms with E-state index >= 15 is 0 Å². The zero-order valence-electron chi connectivity index (χ0n) is 21.8. The number of amides is 1. The lowest BCUT2D eigenvalue weighted by atomic mass is 9.90. The highest BCUT2D eigenvalue weighted by Gasteiger charge is 2.40. The van der Waals surface area contributed by atoms with Gasteiger partial charge in [0.2, 0.25) is 5.91 Å². The molecule has 0 aliphatic heterocycles. The highest BCUT2D eigenvalue weighted by Crippen LogP contribution is 2.40. The van der Waals surface area contributed by atoms with Gasteiger partial charge in [-0.05, 0) is 36.8 Å². The van der Waals surface area contributed by atoms with Crippen molar-refractivity contribution >= 4 is 39.5 Å². The van der Waals surface area contributed by atoms with Crippen molar-refractivity contribution in [1.82, 2.24) is 19.5 Å². The number of aliphatic carboxylic acids is 1. The Balaban J connectivity index is 1.32.